The van der Waals surface area contributed by atoms with Gasteiger partial charge in [-0.25, -0.2) is 0 Å². The van der Waals surface area contributed by atoms with Gasteiger partial charge in [-0.3, -0.25) is 4.79 Å². The number of amides is 1. The van der Waals surface area contributed by atoms with Crippen LogP contribution in [0.3, 0.4) is 0 Å². The van der Waals surface area contributed by atoms with Gasteiger partial charge in [-0.05, 0) is 31.9 Å². The molecule has 1 unspecified atom stereocenters. The summed E-state index contributed by atoms with van der Waals surface area (Å²) in [4.78, 5) is 14.5. The van der Waals surface area contributed by atoms with Crippen LogP contribution in [0.15, 0.2) is 35.9 Å². The molecule has 19 heavy (non-hydrogen) atoms. The molecule has 0 saturated carbocycles. The van der Waals surface area contributed by atoms with Gasteiger partial charge in [0.05, 0.1) is 0 Å². The number of benzene rings is 1. The van der Waals surface area contributed by atoms with Gasteiger partial charge in [0, 0.05) is 30.4 Å². The summed E-state index contributed by atoms with van der Waals surface area (Å²) in [7, 11) is 0. The van der Waals surface area contributed by atoms with E-state index < -0.39 is 0 Å². The number of carbonyl (C=O) groups excluding carboxylic acids is 1. The number of carbonyl (C=O) groups is 1. The standard InChI is InChI=1S/C16H22N2O/c1-4-7-12(2)16(19)18-11-13(3)17-10-14-8-5-6-9-15(14)18/h5-9,13,17H,4,10-11H2,1-3H3/b12-7-. The summed E-state index contributed by atoms with van der Waals surface area (Å²) < 4.78 is 0. The maximum absolute atomic E-state index is 12.6. The Morgan fingerprint density at radius 2 is 2.21 bits per heavy atom. The summed E-state index contributed by atoms with van der Waals surface area (Å²) in [5.74, 6) is 0.116. The Bertz CT molecular complexity index is 493. The highest BCUT2D eigenvalue weighted by Gasteiger charge is 2.24. The number of para-hydroxylation sites is 1. The molecule has 1 heterocycles. The van der Waals surface area contributed by atoms with E-state index in [9.17, 15) is 4.79 Å². The zero-order valence-electron chi connectivity index (χ0n) is 11.9. The summed E-state index contributed by atoms with van der Waals surface area (Å²) in [6, 6.07) is 8.43. The monoisotopic (exact) mass is 258 g/mol. The molecule has 1 aromatic rings. The number of nitrogens with zero attached hydrogens (tertiary/aromatic N) is 1. The Balaban J connectivity index is 2.37. The zero-order valence-corrected chi connectivity index (χ0v) is 11.9. The van der Waals surface area contributed by atoms with Crippen molar-refractivity contribution in [3.05, 3.63) is 41.5 Å². The molecule has 3 nitrogen and oxygen atoms in total. The van der Waals surface area contributed by atoms with Crippen LogP contribution in [-0.4, -0.2) is 18.5 Å². The molecule has 0 aliphatic carbocycles. The molecule has 0 radical (unpaired) electrons. The van der Waals surface area contributed by atoms with Gasteiger partial charge in [0.2, 0.25) is 0 Å². The molecule has 1 aliphatic rings. The Hall–Kier alpha value is -1.61. The van der Waals surface area contributed by atoms with Gasteiger partial charge in [-0.1, -0.05) is 31.2 Å². The lowest BCUT2D eigenvalue weighted by Gasteiger charge is -2.24. The Labute approximate surface area is 115 Å². The predicted octanol–water partition coefficient (Wildman–Crippen LogP) is 2.87. The van der Waals surface area contributed by atoms with Crippen molar-refractivity contribution in [2.75, 3.05) is 11.4 Å². The van der Waals surface area contributed by atoms with Crippen molar-refractivity contribution in [1.29, 1.82) is 0 Å². The highest BCUT2D eigenvalue weighted by atomic mass is 16.2. The number of anilines is 1. The topological polar surface area (TPSA) is 32.3 Å². The molecule has 3 heteroatoms. The summed E-state index contributed by atoms with van der Waals surface area (Å²) in [5, 5.41) is 3.44. The summed E-state index contributed by atoms with van der Waals surface area (Å²) in [6.07, 6.45) is 2.88. The van der Waals surface area contributed by atoms with Crippen LogP contribution in [0.5, 0.6) is 0 Å². The average molecular weight is 258 g/mol. The van der Waals surface area contributed by atoms with E-state index in [0.29, 0.717) is 12.6 Å². The first kappa shape index (κ1) is 13.8. The molecule has 2 rings (SSSR count). The molecule has 1 aromatic carbocycles. The third-order valence-electron chi connectivity index (χ3n) is 3.47. The number of allylic oxidation sites excluding steroid dienone is 1. The fourth-order valence-electron chi connectivity index (χ4n) is 2.44. The normalized spacial score (nSPS) is 19.8. The highest BCUT2D eigenvalue weighted by molar-refractivity contribution is 6.05. The van der Waals surface area contributed by atoms with E-state index in [-0.39, 0.29) is 5.91 Å². The van der Waals surface area contributed by atoms with Crippen molar-refractivity contribution in [3.8, 4) is 0 Å². The molecule has 1 amide bonds. The second-order valence-electron chi connectivity index (χ2n) is 5.12. The molecule has 1 atom stereocenters. The minimum absolute atomic E-state index is 0.116. The smallest absolute Gasteiger partial charge is 0.253 e. The van der Waals surface area contributed by atoms with Crippen LogP contribution in [0.4, 0.5) is 5.69 Å². The first-order chi connectivity index (χ1) is 9.13. The number of rotatable bonds is 2. The predicted molar refractivity (Wildman–Crippen MR) is 79.1 cm³/mol. The van der Waals surface area contributed by atoms with Crippen molar-refractivity contribution >= 4 is 11.6 Å². The van der Waals surface area contributed by atoms with Gasteiger partial charge in [0.1, 0.15) is 0 Å². The van der Waals surface area contributed by atoms with E-state index >= 15 is 0 Å². The number of fused-ring (bicyclic) bond motifs is 1. The lowest BCUT2D eigenvalue weighted by molar-refractivity contribution is -0.115. The molecule has 102 valence electrons. The van der Waals surface area contributed by atoms with Crippen LogP contribution in [0.1, 0.15) is 32.8 Å². The molecule has 0 fully saturated rings. The van der Waals surface area contributed by atoms with Crippen LogP contribution in [0, 0.1) is 0 Å². The quantitative estimate of drug-likeness (QED) is 0.827. The van der Waals surface area contributed by atoms with Crippen molar-refractivity contribution in [1.82, 2.24) is 5.32 Å². The molecular weight excluding hydrogens is 236 g/mol. The number of hydrogen-bond donors (Lipinski definition) is 1. The fraction of sp³-hybridized carbons (Fsp3) is 0.438. The third-order valence-corrected chi connectivity index (χ3v) is 3.47. The fourth-order valence-corrected chi connectivity index (χ4v) is 2.44. The van der Waals surface area contributed by atoms with E-state index in [2.05, 4.69) is 25.2 Å². The van der Waals surface area contributed by atoms with E-state index in [0.717, 1.165) is 24.2 Å². The lowest BCUT2D eigenvalue weighted by Crippen LogP contribution is -2.40. The van der Waals surface area contributed by atoms with E-state index in [1.807, 2.05) is 36.1 Å². The highest BCUT2D eigenvalue weighted by Crippen LogP contribution is 2.24. The number of hydrogen-bond acceptors (Lipinski definition) is 2. The maximum Gasteiger partial charge on any atom is 0.253 e. The first-order valence-electron chi connectivity index (χ1n) is 6.93. The Kier molecular flexibility index (Phi) is 4.38. The van der Waals surface area contributed by atoms with E-state index in [4.69, 9.17) is 0 Å². The summed E-state index contributed by atoms with van der Waals surface area (Å²) in [6.45, 7) is 7.60. The minimum atomic E-state index is 0.116. The molecule has 0 aromatic heterocycles. The molecule has 0 spiro atoms. The van der Waals surface area contributed by atoms with Crippen LogP contribution >= 0.6 is 0 Å². The minimum Gasteiger partial charge on any atom is -0.308 e. The maximum atomic E-state index is 12.6. The second kappa shape index (κ2) is 6.02. The molecule has 1 aliphatic heterocycles. The van der Waals surface area contributed by atoms with Gasteiger partial charge < -0.3 is 10.2 Å². The SMILES string of the molecule is CC/C=C(/C)C(=O)N1CC(C)NCc2ccccc21. The summed E-state index contributed by atoms with van der Waals surface area (Å²) in [5.41, 5.74) is 3.05. The van der Waals surface area contributed by atoms with Crippen LogP contribution in [0.2, 0.25) is 0 Å². The largest absolute Gasteiger partial charge is 0.308 e. The molecule has 0 bridgehead atoms. The van der Waals surface area contributed by atoms with Crippen molar-refractivity contribution < 1.29 is 4.79 Å². The van der Waals surface area contributed by atoms with Crippen LogP contribution in [-0.2, 0) is 11.3 Å². The van der Waals surface area contributed by atoms with Gasteiger partial charge in [-0.2, -0.15) is 0 Å². The van der Waals surface area contributed by atoms with Crippen molar-refractivity contribution in [2.24, 2.45) is 0 Å². The van der Waals surface area contributed by atoms with E-state index in [1.165, 1.54) is 5.56 Å². The summed E-state index contributed by atoms with van der Waals surface area (Å²) >= 11 is 0. The lowest BCUT2D eigenvalue weighted by atomic mass is 10.1. The van der Waals surface area contributed by atoms with Crippen molar-refractivity contribution in [3.63, 3.8) is 0 Å². The first-order valence-corrected chi connectivity index (χ1v) is 6.93. The molecular formula is C16H22N2O. The average Bonchev–Trinajstić information content (AvgIpc) is 2.58. The van der Waals surface area contributed by atoms with Crippen molar-refractivity contribution in [2.45, 2.75) is 39.8 Å². The van der Waals surface area contributed by atoms with Gasteiger partial charge >= 0.3 is 0 Å². The van der Waals surface area contributed by atoms with Gasteiger partial charge in [-0.15, -0.1) is 0 Å². The Morgan fingerprint density at radius 1 is 1.47 bits per heavy atom. The number of nitrogens with one attached hydrogen (secondary N) is 1. The van der Waals surface area contributed by atoms with Crippen LogP contribution < -0.4 is 10.2 Å². The zero-order chi connectivity index (χ0) is 13.8. The molecule has 1 N–H and O–H groups in total. The van der Waals surface area contributed by atoms with Crippen LogP contribution in [0.25, 0.3) is 0 Å². The third kappa shape index (κ3) is 3.04. The van der Waals surface area contributed by atoms with Gasteiger partial charge in [0.25, 0.3) is 5.91 Å². The molecule has 0 saturated heterocycles. The second-order valence-corrected chi connectivity index (χ2v) is 5.12. The van der Waals surface area contributed by atoms with Gasteiger partial charge in [0.15, 0.2) is 0 Å². The Morgan fingerprint density at radius 3 is 2.95 bits per heavy atom. The van der Waals surface area contributed by atoms with E-state index in [1.54, 1.807) is 0 Å².